The Labute approximate surface area is 776 Å². The molecule has 0 radical (unpaired) electrons. The molecule has 656 valence electrons. The number of aryl methyl sites for hydroxylation is 2. The van der Waals surface area contributed by atoms with Gasteiger partial charge in [0.15, 0.2) is 0 Å². The van der Waals surface area contributed by atoms with Crippen molar-refractivity contribution in [2.45, 2.75) is 46.8 Å². The molecule has 6 heterocycles. The van der Waals surface area contributed by atoms with Gasteiger partial charge in [-0.1, -0.05) is 168 Å². The van der Waals surface area contributed by atoms with Crippen LogP contribution in [-0.2, 0) is 26.1 Å². The maximum atomic E-state index is 12.7. The Morgan fingerprint density at radius 1 is 0.368 bits per heavy atom. The quantitative estimate of drug-likeness (QED) is 0.0320. The summed E-state index contributed by atoms with van der Waals surface area (Å²) in [5.41, 5.74) is 16.2. The summed E-state index contributed by atoms with van der Waals surface area (Å²) in [5.74, 6) is -1.96. The summed E-state index contributed by atoms with van der Waals surface area (Å²) in [4.78, 5) is 88.1. The van der Waals surface area contributed by atoms with Crippen molar-refractivity contribution in [3.05, 3.63) is 386 Å². The monoisotopic (exact) mass is 1840 g/mol. The molecule has 6 aliphatic rings. The molecule has 0 amide bonds. The molecule has 0 unspecified atom stereocenters. The number of anilines is 3. The van der Waals surface area contributed by atoms with E-state index in [9.17, 15) is 59.4 Å². The second-order valence-corrected chi connectivity index (χ2v) is 33.2. The zero-order valence-corrected chi connectivity index (χ0v) is 73.7. The predicted octanol–water partition coefficient (Wildman–Crippen LogP) is 25.3. The molecule has 0 fully saturated rings. The van der Waals surface area contributed by atoms with Gasteiger partial charge in [0.05, 0.1) is 93.7 Å². The molecule has 0 spiro atoms. The van der Waals surface area contributed by atoms with E-state index in [2.05, 4.69) is 57.3 Å². The van der Waals surface area contributed by atoms with Crippen LogP contribution in [0.15, 0.2) is 307 Å². The fourth-order valence-electron chi connectivity index (χ4n) is 16.7. The number of carbonyl (C=O) groups is 3. The number of phenolic OH excluding ortho intramolecular Hbond substituents is 3. The summed E-state index contributed by atoms with van der Waals surface area (Å²) in [6.07, 6.45) is 0.666. The third-order valence-electron chi connectivity index (χ3n) is 23.0. The molecule has 26 heteroatoms. The Hall–Kier alpha value is -16.1. The number of aromatic nitrogens is 3. The standard InChI is InChI=1S/C43H29ClN2O5.C33H25ClN2O6.C31H20Cl2N2O5/c44-35-22-33-39(23-38(35)48)51-42-32(40(33)30-13-7-8-14-31(30)43(49)50)17-18-37(47)34(42)24-45-36-21-28(26-11-5-2-6-12-26)20-27-15-16-29(46-41(27)36)19-25-9-3-1-4-10-25;1-3-41-21-12-20-5-4-17(2)36-31(20)26(13-21)35-16-24-27(37)11-10-22-30(18-6-8-19(9-7-18)33(39)40)23-14-25(34)28(38)15-29(23)42-32(22)24;1-15-6-7-18-22(32)9-10-24(29(18)35-15)34-14-21-25(36)11-8-19-28(16-4-2-3-5-17(16)31(38)39)20-12-23(33)26(37)13-27(20)40-30(19)21/h1-18,20-23,45,47H,19,24H2,(H,49,50);4-15,35,37H,3,16H2,1-2H3,(H,39,40);2-13,34,36H,14H2,1H3,(H,38,39). The number of phenols is 3. The van der Waals surface area contributed by atoms with Crippen LogP contribution < -0.4 is 37.0 Å². The lowest BCUT2D eigenvalue weighted by atomic mass is 9.90. The van der Waals surface area contributed by atoms with Gasteiger partial charge in [-0.15, -0.1) is 0 Å². The van der Waals surface area contributed by atoms with Crippen molar-refractivity contribution in [2.24, 2.45) is 0 Å². The predicted molar refractivity (Wildman–Crippen MR) is 522 cm³/mol. The Balaban J connectivity index is 0.000000135. The number of carboxylic acids is 3. The molecule has 20 rings (SSSR count). The summed E-state index contributed by atoms with van der Waals surface area (Å²) >= 11 is 25.1. The van der Waals surface area contributed by atoms with Gasteiger partial charge in [0.25, 0.3) is 0 Å². The molecule has 133 heavy (non-hydrogen) atoms. The number of ether oxygens (including phenoxy) is 1. The molecule has 0 saturated heterocycles. The van der Waals surface area contributed by atoms with Crippen molar-refractivity contribution < 1.29 is 63.0 Å². The lowest BCUT2D eigenvalue weighted by Crippen LogP contribution is -2.06. The summed E-state index contributed by atoms with van der Waals surface area (Å²) in [7, 11) is 0. The summed E-state index contributed by atoms with van der Waals surface area (Å²) in [6, 6.07) is 81.4. The fourth-order valence-corrected chi connectivity index (χ4v) is 17.4. The molecule has 22 nitrogen and oxygen atoms in total. The van der Waals surface area contributed by atoms with Crippen LogP contribution in [0.4, 0.5) is 17.1 Å². The molecule has 9 N–H and O–H groups in total. The van der Waals surface area contributed by atoms with Gasteiger partial charge in [0.2, 0.25) is 16.3 Å². The molecule has 11 aromatic carbocycles. The third kappa shape index (κ3) is 17.5. The number of aromatic carboxylic acids is 3. The van der Waals surface area contributed by atoms with E-state index in [0.717, 1.165) is 72.3 Å². The first-order valence-electron chi connectivity index (χ1n) is 41.9. The van der Waals surface area contributed by atoms with Crippen LogP contribution in [0, 0.1) is 13.8 Å². The van der Waals surface area contributed by atoms with E-state index in [1.54, 1.807) is 91.0 Å². The Morgan fingerprint density at radius 3 is 1.32 bits per heavy atom. The van der Waals surface area contributed by atoms with Gasteiger partial charge in [0, 0.05) is 133 Å². The van der Waals surface area contributed by atoms with Gasteiger partial charge >= 0.3 is 17.9 Å². The smallest absolute Gasteiger partial charge is 0.336 e. The molecule has 0 saturated carbocycles. The van der Waals surface area contributed by atoms with Crippen molar-refractivity contribution in [1.29, 1.82) is 0 Å². The Kier molecular flexibility index (Phi) is 24.2. The molecule has 0 atom stereocenters. The fraction of sp³-hybridized carbons (Fsp3) is 0.0748. The van der Waals surface area contributed by atoms with Gasteiger partial charge in [0.1, 0.15) is 57.0 Å². The third-order valence-corrected chi connectivity index (χ3v) is 24.3. The number of pyridine rings is 3. The average Bonchev–Trinajstić information content (AvgIpc) is 0.739. The van der Waals surface area contributed by atoms with Crippen molar-refractivity contribution in [1.82, 2.24) is 15.0 Å². The van der Waals surface area contributed by atoms with Crippen LogP contribution in [0.5, 0.6) is 23.0 Å². The van der Waals surface area contributed by atoms with Crippen LogP contribution in [-0.4, -0.2) is 70.1 Å². The van der Waals surface area contributed by atoms with Gasteiger partial charge in [-0.2, -0.15) is 0 Å². The van der Waals surface area contributed by atoms with Gasteiger partial charge in [-0.3, -0.25) is 29.3 Å². The largest absolute Gasteiger partial charge is 0.507 e. The second-order valence-electron chi connectivity index (χ2n) is 31.5. The number of carboxylic acid groups (broad SMARTS) is 3. The number of nitrogens with zero attached hydrogens (tertiary/aromatic N) is 3. The maximum absolute atomic E-state index is 12.7. The molecule has 14 aromatic rings. The highest BCUT2D eigenvalue weighted by Crippen LogP contribution is 2.49. The Bertz CT molecular complexity index is 8200. The van der Waals surface area contributed by atoms with Crippen LogP contribution in [0.25, 0.3) is 144 Å². The van der Waals surface area contributed by atoms with E-state index >= 15 is 0 Å². The number of nitrogens with one attached hydrogen (secondary N) is 3. The molecule has 3 aliphatic carbocycles. The zero-order valence-electron chi connectivity index (χ0n) is 70.7. The number of halogens is 4. The van der Waals surface area contributed by atoms with Crippen molar-refractivity contribution in [3.8, 4) is 101 Å². The highest BCUT2D eigenvalue weighted by Gasteiger charge is 2.30. The topological polar surface area (TPSA) is 347 Å². The first kappa shape index (κ1) is 87.6. The zero-order chi connectivity index (χ0) is 92.7. The maximum Gasteiger partial charge on any atom is 0.336 e. The molecular formula is C107H74Cl4N6O16. The average molecular weight is 1840 g/mol. The van der Waals surface area contributed by atoms with Crippen LogP contribution in [0.1, 0.15) is 77.3 Å². The molecule has 0 bridgehead atoms. The van der Waals surface area contributed by atoms with Gasteiger partial charge < -0.3 is 64.6 Å². The van der Waals surface area contributed by atoms with E-state index in [4.69, 9.17) is 74.4 Å². The van der Waals surface area contributed by atoms with E-state index < -0.39 is 34.2 Å². The minimum atomic E-state index is -1.11. The Morgan fingerprint density at radius 2 is 0.805 bits per heavy atom. The van der Waals surface area contributed by atoms with E-state index in [0.29, 0.717) is 135 Å². The van der Waals surface area contributed by atoms with E-state index in [1.807, 2.05) is 112 Å². The highest BCUT2D eigenvalue weighted by molar-refractivity contribution is 6.36. The van der Waals surface area contributed by atoms with Crippen LogP contribution in [0.3, 0.4) is 0 Å². The molecule has 3 aromatic heterocycles. The minimum Gasteiger partial charge on any atom is -0.507 e. The summed E-state index contributed by atoms with van der Waals surface area (Å²) < 4.78 is 24.7. The summed E-state index contributed by atoms with van der Waals surface area (Å²) in [6.45, 7) is 6.63. The van der Waals surface area contributed by atoms with Gasteiger partial charge in [-0.25, -0.2) is 14.4 Å². The SMILES string of the molecule is CCOc1cc(NCc2c(O)ccc3c(-c4ccc(C(=O)O)cc4)c4cc(Cl)c(=O)cc-4oc23)c2nc(C)ccc2c1.Cc1ccc2c(Cl)ccc(NCc3c(O)ccc4c(-c5ccccc5C(=O)O)c5cc(Cl)c(=O)cc-5oc34)c2n1.O=C(O)c1ccccc1-c1c2cc(Cl)c(=O)cc-2oc2c(CNc3cc(-c4ccccc4)cc4ccc(Cc5ccccc5)nc34)c(O)ccc12. The van der Waals surface area contributed by atoms with Crippen LogP contribution in [0.2, 0.25) is 20.1 Å². The molecular weight excluding hydrogens is 1770 g/mol. The lowest BCUT2D eigenvalue weighted by molar-refractivity contribution is 0.0686. The van der Waals surface area contributed by atoms with E-state index in [1.165, 1.54) is 60.7 Å². The number of hydrogen-bond donors (Lipinski definition) is 9. The van der Waals surface area contributed by atoms with Crippen molar-refractivity contribution in [3.63, 3.8) is 0 Å². The van der Waals surface area contributed by atoms with Crippen molar-refractivity contribution >= 4 is 147 Å². The second kappa shape index (κ2) is 36.8. The van der Waals surface area contributed by atoms with Gasteiger partial charge in [-0.05, 0) is 188 Å². The van der Waals surface area contributed by atoms with E-state index in [-0.39, 0.29) is 85.9 Å². The number of fused-ring (bicyclic) bond motifs is 9. The molecule has 3 aliphatic heterocycles. The number of rotatable bonds is 20. The number of benzene rings is 14. The van der Waals surface area contributed by atoms with Crippen LogP contribution >= 0.6 is 46.4 Å². The summed E-state index contributed by atoms with van der Waals surface area (Å²) in [5, 5.41) is 77.9. The highest BCUT2D eigenvalue weighted by atomic mass is 35.5. The lowest BCUT2D eigenvalue weighted by Gasteiger charge is -2.19. The first-order chi connectivity index (χ1) is 64.3. The minimum absolute atomic E-state index is 0.00371. The van der Waals surface area contributed by atoms with Crippen molar-refractivity contribution in [2.75, 3.05) is 22.6 Å². The number of hydrogen-bond acceptors (Lipinski definition) is 19. The first-order valence-corrected chi connectivity index (χ1v) is 43.4. The normalized spacial score (nSPS) is 11.3. The number of aromatic hydroxyl groups is 3.